The fraction of sp³-hybridized carbons (Fsp3) is 0.542. The summed E-state index contributed by atoms with van der Waals surface area (Å²) in [6.45, 7) is 28.6. The zero-order valence-corrected chi connectivity index (χ0v) is 49.9. The normalized spacial score (nSPS) is 21.8. The van der Waals surface area contributed by atoms with Crippen LogP contribution in [-0.4, -0.2) is 196 Å². The number of hydrogen-bond acceptors (Lipinski definition) is 17. The van der Waals surface area contributed by atoms with Crippen LogP contribution in [0.5, 0.6) is 12.0 Å². The van der Waals surface area contributed by atoms with Crippen LogP contribution in [0.1, 0.15) is 67.3 Å². The predicted octanol–water partition coefficient (Wildman–Crippen LogP) is 7.23. The highest BCUT2D eigenvalue weighted by atomic mass is 19.4. The Morgan fingerprint density at radius 1 is 0.626 bits per heavy atom. The maximum absolute atomic E-state index is 14.5. The van der Waals surface area contributed by atoms with Gasteiger partial charge in [-0.1, -0.05) is 13.2 Å². The topological polar surface area (TPSA) is 200 Å². The Kier molecular flexibility index (Phi) is 20.3. The van der Waals surface area contributed by atoms with Crippen LogP contribution in [0.3, 0.4) is 0 Å². The summed E-state index contributed by atoms with van der Waals surface area (Å²) in [6, 6.07) is -2.11. The van der Waals surface area contributed by atoms with E-state index in [2.05, 4.69) is 58.1 Å². The molecule has 0 spiro atoms. The van der Waals surface area contributed by atoms with E-state index in [0.717, 1.165) is 12.4 Å². The maximum atomic E-state index is 14.5. The van der Waals surface area contributed by atoms with E-state index in [1.807, 2.05) is 9.80 Å². The van der Waals surface area contributed by atoms with Gasteiger partial charge in [0.15, 0.2) is 11.6 Å². The van der Waals surface area contributed by atoms with Crippen molar-refractivity contribution in [2.45, 2.75) is 114 Å². The van der Waals surface area contributed by atoms with Crippen molar-refractivity contribution in [3.05, 3.63) is 118 Å². The number of nitrogens with zero attached hydrogens (tertiary/aromatic N) is 15. The summed E-state index contributed by atoms with van der Waals surface area (Å²) in [7, 11) is 0. The smallest absolute Gasteiger partial charge is 0.421 e. The van der Waals surface area contributed by atoms with Gasteiger partial charge in [0.2, 0.25) is 24.9 Å². The Morgan fingerprint density at radius 2 is 1.10 bits per heavy atom. The first kappa shape index (κ1) is 66.6. The first-order valence-corrected chi connectivity index (χ1v) is 29.2. The van der Waals surface area contributed by atoms with Crippen LogP contribution in [0, 0.1) is 24.8 Å². The molecule has 32 heteroatoms. The zero-order valence-electron chi connectivity index (χ0n) is 49.9. The van der Waals surface area contributed by atoms with Gasteiger partial charge in [-0.15, -0.1) is 0 Å². The molecular weight excluding hydrogens is 1220 g/mol. The highest BCUT2D eigenvalue weighted by Gasteiger charge is 2.44. The molecule has 0 aliphatic carbocycles. The van der Waals surface area contributed by atoms with Gasteiger partial charge >= 0.3 is 30.5 Å². The lowest BCUT2D eigenvalue weighted by Gasteiger charge is -2.41. The van der Waals surface area contributed by atoms with E-state index >= 15 is 0 Å². The summed E-state index contributed by atoms with van der Waals surface area (Å²) in [4.78, 5) is 81.2. The monoisotopic (exact) mass is 1280 g/mol. The van der Waals surface area contributed by atoms with Gasteiger partial charge in [-0.3, -0.25) is 24.5 Å². The van der Waals surface area contributed by atoms with Crippen molar-refractivity contribution in [1.82, 2.24) is 49.9 Å². The molecule has 22 nitrogen and oxygen atoms in total. The number of rotatable bonds is 14. The molecule has 488 valence electrons. The van der Waals surface area contributed by atoms with Gasteiger partial charge in [-0.25, -0.2) is 35.5 Å². The number of fused-ring (bicyclic) bond motifs is 2. The quantitative estimate of drug-likeness (QED) is 0.0752. The fourth-order valence-electron chi connectivity index (χ4n) is 12.0. The molecule has 0 saturated carbocycles. The number of pyridine rings is 2. The number of aromatic nitrogens is 6. The number of piperazine rings is 2. The molecule has 4 saturated heterocycles. The Labute approximate surface area is 517 Å². The van der Waals surface area contributed by atoms with Crippen molar-refractivity contribution >= 4 is 40.9 Å². The molecule has 4 fully saturated rings. The lowest BCUT2D eigenvalue weighted by Crippen LogP contribution is -2.56. The third-order valence-corrected chi connectivity index (χ3v) is 16.1. The second-order valence-corrected chi connectivity index (χ2v) is 23.4. The lowest BCUT2D eigenvalue weighted by atomic mass is 10.0. The van der Waals surface area contributed by atoms with Gasteiger partial charge in [0.25, 0.3) is 0 Å². The number of carbonyl (C=O) groups is 3. The number of amides is 3. The fourth-order valence-corrected chi connectivity index (χ4v) is 12.0. The van der Waals surface area contributed by atoms with Gasteiger partial charge in [-0.2, -0.15) is 46.3 Å². The van der Waals surface area contributed by atoms with Crippen LogP contribution in [-0.2, 0) is 52.6 Å². The summed E-state index contributed by atoms with van der Waals surface area (Å²) in [5, 5.41) is 3.02. The molecule has 0 radical (unpaired) electrons. The van der Waals surface area contributed by atoms with Crippen molar-refractivity contribution < 1.29 is 72.5 Å². The first-order valence-electron chi connectivity index (χ1n) is 29.2. The van der Waals surface area contributed by atoms with Crippen LogP contribution in [0.25, 0.3) is 9.69 Å². The molecule has 0 aromatic carbocycles. The second-order valence-electron chi connectivity index (χ2n) is 23.4. The van der Waals surface area contributed by atoms with E-state index in [1.54, 1.807) is 30.6 Å². The molecule has 0 unspecified atom stereocenters. The van der Waals surface area contributed by atoms with Crippen LogP contribution in [0.15, 0.2) is 50.1 Å². The summed E-state index contributed by atoms with van der Waals surface area (Å²) in [6.07, 6.45) is -6.89. The summed E-state index contributed by atoms with van der Waals surface area (Å²) >= 11 is 0. The minimum Gasteiger partial charge on any atom is -0.462 e. The third-order valence-electron chi connectivity index (χ3n) is 16.1. The molecule has 4 aromatic heterocycles. The van der Waals surface area contributed by atoms with E-state index in [-0.39, 0.29) is 141 Å². The number of carbonyl (C=O) groups excluding carboxylic acids is 3. The first-order chi connectivity index (χ1) is 43.2. The molecule has 4 aromatic rings. The molecular formula is C59H66F10N16O6. The van der Waals surface area contributed by atoms with Crippen molar-refractivity contribution in [2.24, 2.45) is 0 Å². The van der Waals surface area contributed by atoms with Crippen LogP contribution in [0.4, 0.5) is 71.7 Å². The molecule has 91 heavy (non-hydrogen) atoms. The van der Waals surface area contributed by atoms with Crippen molar-refractivity contribution in [3.63, 3.8) is 0 Å². The van der Waals surface area contributed by atoms with Gasteiger partial charge in [0.05, 0.1) is 73.2 Å². The third kappa shape index (κ3) is 15.5. The Hall–Kier alpha value is -8.81. The number of alkyl halides is 8. The van der Waals surface area contributed by atoms with Crippen molar-refractivity contribution in [2.75, 3.05) is 111 Å². The van der Waals surface area contributed by atoms with Crippen molar-refractivity contribution in [1.29, 1.82) is 0 Å². The number of anilines is 4. The predicted molar refractivity (Wildman–Crippen MR) is 309 cm³/mol. The van der Waals surface area contributed by atoms with E-state index in [1.165, 1.54) is 26.9 Å². The van der Waals surface area contributed by atoms with Gasteiger partial charge in [0.1, 0.15) is 66.0 Å². The molecule has 6 atom stereocenters. The Balaban J connectivity index is 0.000000218. The standard InChI is InChI=1S/C32H37F5N8O4.C27H29F5N8O2/c1-6-26(46)44-10-9-43(16-21(44)12-38-5)28-22-7-8-42(25-14-39-13-23(34)27(25)32(35,36)37)17-24(22)40-29(41-28)48-18-20-11-19(33)15-45(20)30(47)49-31(2,3)4;1-3-23(41)40-7-6-39(13-18(40)10-33-2)25-19-4-5-38(22-12-34-11-20(29)24(22)27(30,31)32)14-21(19)36-26(37-25)42-15-17-8-16(28)9-35-17/h6,13-14,19-21H,1,7-12,15-18H2,2-4H3;3,11-12,16-18,35H,1,4-10,13-15H2/t19-,20+,21+;16-,17+,18+/m11/s1. The summed E-state index contributed by atoms with van der Waals surface area (Å²) in [5.41, 5.74) is -2.47. The average molecular weight is 1290 g/mol. The highest BCUT2D eigenvalue weighted by Crippen LogP contribution is 2.43. The van der Waals surface area contributed by atoms with Crippen LogP contribution >= 0.6 is 0 Å². The minimum atomic E-state index is -4.98. The van der Waals surface area contributed by atoms with Crippen molar-refractivity contribution in [3.8, 4) is 12.0 Å². The lowest BCUT2D eigenvalue weighted by molar-refractivity contribution is -0.140. The van der Waals surface area contributed by atoms with E-state index in [0.29, 0.717) is 66.2 Å². The Morgan fingerprint density at radius 3 is 1.52 bits per heavy atom. The van der Waals surface area contributed by atoms with Gasteiger partial charge in [0, 0.05) is 82.5 Å². The summed E-state index contributed by atoms with van der Waals surface area (Å²) in [5.74, 6) is -2.67. The average Bonchev–Trinajstić information content (AvgIpc) is 1.24. The molecule has 6 aliphatic rings. The largest absolute Gasteiger partial charge is 0.462 e. The SMILES string of the molecule is [C-]#[N+]C[C@H]1CN(c2nc(OC[C@@H]3C[C@@H](F)CN3)nc3c2CCN(c2cncc(F)c2C(F)(F)F)C3)CCN1C(=O)C=C.[C-]#[N+]C[C@H]1CN(c2nc(OC[C@@H]3C[C@@H](F)CN3C(=O)OC(C)(C)C)nc3c2CCN(c2cncc(F)c2C(F)(F)F)C3)CCN1C(=O)C=C. The molecule has 6 aliphatic heterocycles. The molecule has 1 N–H and O–H groups in total. The molecule has 10 heterocycles. The minimum absolute atomic E-state index is 0.0137. The number of likely N-dealkylation sites (tertiary alicyclic amines) is 1. The maximum Gasteiger partial charge on any atom is 0.421 e. The number of halogens is 10. The second kappa shape index (κ2) is 27.7. The number of nitrogens with one attached hydrogen (secondary N) is 1. The molecule has 0 bridgehead atoms. The Bertz CT molecular complexity index is 3450. The highest BCUT2D eigenvalue weighted by molar-refractivity contribution is 5.88. The number of ether oxygens (including phenoxy) is 3. The zero-order chi connectivity index (χ0) is 65.7. The van der Waals surface area contributed by atoms with Crippen LogP contribution in [0.2, 0.25) is 0 Å². The number of hydrogen-bond donors (Lipinski definition) is 1. The van der Waals surface area contributed by atoms with E-state index in [9.17, 15) is 58.3 Å². The van der Waals surface area contributed by atoms with Gasteiger partial charge < -0.3 is 58.6 Å². The molecule has 10 rings (SSSR count). The summed E-state index contributed by atoms with van der Waals surface area (Å²) < 4.78 is 157. The molecule has 3 amide bonds. The van der Waals surface area contributed by atoms with E-state index < -0.39 is 88.7 Å². The van der Waals surface area contributed by atoms with E-state index in [4.69, 9.17) is 27.4 Å². The van der Waals surface area contributed by atoms with Crippen LogP contribution < -0.4 is 34.4 Å². The van der Waals surface area contributed by atoms with Gasteiger partial charge in [-0.05, 0) is 52.2 Å².